The summed E-state index contributed by atoms with van der Waals surface area (Å²) >= 11 is 0. The van der Waals surface area contributed by atoms with Crippen LogP contribution in [0, 0.1) is 12.3 Å². The molecule has 0 aromatic heterocycles. The lowest BCUT2D eigenvalue weighted by atomic mass is 9.95. The molecule has 0 spiro atoms. The molecule has 0 radical (unpaired) electrons. The summed E-state index contributed by atoms with van der Waals surface area (Å²) in [5.74, 6) is -0.244. The van der Waals surface area contributed by atoms with Crippen LogP contribution < -0.4 is 10.6 Å². The Balaban J connectivity index is 1.87. The van der Waals surface area contributed by atoms with Crippen molar-refractivity contribution in [2.45, 2.75) is 27.7 Å². The standard InChI is InChI=1S/C23H24N2O2/c1-15-12-13-17(24-22(27)23(2,3)4)14-20(15)25-21(26)19-11-7-9-16-8-5-6-10-18(16)19/h5-14H,1-4H3,(H,24,27)(H,25,26). The highest BCUT2D eigenvalue weighted by Crippen LogP contribution is 2.25. The normalized spacial score (nSPS) is 11.3. The van der Waals surface area contributed by atoms with Gasteiger partial charge in [0.15, 0.2) is 0 Å². The maximum absolute atomic E-state index is 12.9. The van der Waals surface area contributed by atoms with Gasteiger partial charge in [0, 0.05) is 22.4 Å². The van der Waals surface area contributed by atoms with E-state index in [0.717, 1.165) is 16.3 Å². The van der Waals surface area contributed by atoms with Gasteiger partial charge < -0.3 is 10.6 Å². The number of fused-ring (bicyclic) bond motifs is 1. The predicted molar refractivity (Wildman–Crippen MR) is 111 cm³/mol. The van der Waals surface area contributed by atoms with Gasteiger partial charge in [-0.3, -0.25) is 9.59 Å². The third-order valence-electron chi connectivity index (χ3n) is 4.46. The van der Waals surface area contributed by atoms with Crippen LogP contribution in [-0.2, 0) is 4.79 Å². The van der Waals surface area contributed by atoms with E-state index in [2.05, 4.69) is 10.6 Å². The van der Waals surface area contributed by atoms with Crippen molar-refractivity contribution >= 4 is 34.0 Å². The van der Waals surface area contributed by atoms with Crippen LogP contribution in [0.2, 0.25) is 0 Å². The fourth-order valence-corrected chi connectivity index (χ4v) is 2.77. The summed E-state index contributed by atoms with van der Waals surface area (Å²) in [5.41, 5.74) is 2.40. The summed E-state index contributed by atoms with van der Waals surface area (Å²) < 4.78 is 0. The molecular weight excluding hydrogens is 336 g/mol. The lowest BCUT2D eigenvalue weighted by Crippen LogP contribution is -2.27. The molecule has 3 rings (SSSR count). The van der Waals surface area contributed by atoms with Gasteiger partial charge in [-0.15, -0.1) is 0 Å². The Morgan fingerprint density at radius 2 is 1.56 bits per heavy atom. The largest absolute Gasteiger partial charge is 0.326 e. The van der Waals surface area contributed by atoms with Crippen LogP contribution in [0.3, 0.4) is 0 Å². The van der Waals surface area contributed by atoms with Gasteiger partial charge in [0.2, 0.25) is 5.91 Å². The molecule has 0 saturated carbocycles. The number of rotatable bonds is 3. The Morgan fingerprint density at radius 3 is 2.30 bits per heavy atom. The smallest absolute Gasteiger partial charge is 0.256 e. The van der Waals surface area contributed by atoms with E-state index in [-0.39, 0.29) is 11.8 Å². The molecule has 4 heteroatoms. The topological polar surface area (TPSA) is 58.2 Å². The summed E-state index contributed by atoms with van der Waals surface area (Å²) in [6, 6.07) is 19.0. The second kappa shape index (κ2) is 7.23. The summed E-state index contributed by atoms with van der Waals surface area (Å²) in [6.45, 7) is 7.51. The number of carbonyl (C=O) groups is 2. The van der Waals surface area contributed by atoms with Crippen molar-refractivity contribution in [2.75, 3.05) is 10.6 Å². The third-order valence-corrected chi connectivity index (χ3v) is 4.46. The van der Waals surface area contributed by atoms with Gasteiger partial charge in [0.25, 0.3) is 5.91 Å². The van der Waals surface area contributed by atoms with Crippen molar-refractivity contribution in [3.05, 3.63) is 71.8 Å². The van der Waals surface area contributed by atoms with E-state index in [0.29, 0.717) is 16.9 Å². The Morgan fingerprint density at radius 1 is 0.852 bits per heavy atom. The minimum absolute atomic E-state index is 0.0716. The zero-order valence-electron chi connectivity index (χ0n) is 16.1. The summed E-state index contributed by atoms with van der Waals surface area (Å²) in [4.78, 5) is 25.1. The van der Waals surface area contributed by atoms with Crippen LogP contribution in [0.1, 0.15) is 36.7 Å². The van der Waals surface area contributed by atoms with Crippen molar-refractivity contribution in [3.63, 3.8) is 0 Å². The first-order valence-corrected chi connectivity index (χ1v) is 8.97. The number of benzene rings is 3. The van der Waals surface area contributed by atoms with Gasteiger partial charge in [-0.25, -0.2) is 0 Å². The lowest BCUT2D eigenvalue weighted by Gasteiger charge is -2.18. The van der Waals surface area contributed by atoms with Crippen LogP contribution in [-0.4, -0.2) is 11.8 Å². The van der Waals surface area contributed by atoms with Gasteiger partial charge in [-0.05, 0) is 41.5 Å². The number of nitrogens with one attached hydrogen (secondary N) is 2. The van der Waals surface area contributed by atoms with E-state index in [9.17, 15) is 9.59 Å². The SMILES string of the molecule is Cc1ccc(NC(=O)C(C)(C)C)cc1NC(=O)c1cccc2ccccc12. The maximum Gasteiger partial charge on any atom is 0.256 e. The van der Waals surface area contributed by atoms with Crippen LogP contribution in [0.15, 0.2) is 60.7 Å². The van der Waals surface area contributed by atoms with E-state index in [4.69, 9.17) is 0 Å². The number of hydrogen-bond acceptors (Lipinski definition) is 2. The van der Waals surface area contributed by atoms with E-state index < -0.39 is 5.41 Å². The molecule has 2 amide bonds. The second-order valence-corrected chi connectivity index (χ2v) is 7.71. The molecule has 0 aliphatic carbocycles. The summed E-state index contributed by atoms with van der Waals surface area (Å²) in [5, 5.41) is 7.81. The number of carbonyl (C=O) groups excluding carboxylic acids is 2. The highest BCUT2D eigenvalue weighted by atomic mass is 16.2. The highest BCUT2D eigenvalue weighted by Gasteiger charge is 2.21. The highest BCUT2D eigenvalue weighted by molar-refractivity contribution is 6.13. The van der Waals surface area contributed by atoms with E-state index in [1.807, 2.05) is 82.3 Å². The average Bonchev–Trinajstić information content (AvgIpc) is 2.63. The molecule has 4 nitrogen and oxygen atoms in total. The molecule has 0 bridgehead atoms. The molecule has 0 unspecified atom stereocenters. The molecule has 0 aliphatic rings. The minimum Gasteiger partial charge on any atom is -0.326 e. The minimum atomic E-state index is -0.489. The van der Waals surface area contributed by atoms with Gasteiger partial charge in [-0.1, -0.05) is 63.2 Å². The molecule has 3 aromatic rings. The monoisotopic (exact) mass is 360 g/mol. The number of amides is 2. The fraction of sp³-hybridized carbons (Fsp3) is 0.217. The first-order chi connectivity index (χ1) is 12.8. The zero-order valence-corrected chi connectivity index (χ0v) is 16.1. The molecule has 138 valence electrons. The second-order valence-electron chi connectivity index (χ2n) is 7.71. The summed E-state index contributed by atoms with van der Waals surface area (Å²) in [7, 11) is 0. The molecule has 0 aliphatic heterocycles. The van der Waals surface area contributed by atoms with Crippen molar-refractivity contribution in [3.8, 4) is 0 Å². The molecule has 27 heavy (non-hydrogen) atoms. The zero-order chi connectivity index (χ0) is 19.6. The van der Waals surface area contributed by atoms with Crippen molar-refractivity contribution in [2.24, 2.45) is 5.41 Å². The molecule has 0 atom stereocenters. The Labute approximate surface area is 159 Å². The Kier molecular flexibility index (Phi) is 5.00. The van der Waals surface area contributed by atoms with Crippen LogP contribution in [0.25, 0.3) is 10.8 Å². The fourth-order valence-electron chi connectivity index (χ4n) is 2.77. The molecule has 0 heterocycles. The van der Waals surface area contributed by atoms with Gasteiger partial charge >= 0.3 is 0 Å². The van der Waals surface area contributed by atoms with Gasteiger partial charge in [0.05, 0.1) is 0 Å². The molecule has 3 aromatic carbocycles. The van der Waals surface area contributed by atoms with Crippen molar-refractivity contribution in [1.82, 2.24) is 0 Å². The maximum atomic E-state index is 12.9. The quantitative estimate of drug-likeness (QED) is 0.658. The lowest BCUT2D eigenvalue weighted by molar-refractivity contribution is -0.123. The van der Waals surface area contributed by atoms with E-state index >= 15 is 0 Å². The van der Waals surface area contributed by atoms with E-state index in [1.165, 1.54) is 0 Å². The predicted octanol–water partition coefficient (Wildman–Crippen LogP) is 5.39. The van der Waals surface area contributed by atoms with Crippen molar-refractivity contribution in [1.29, 1.82) is 0 Å². The molecule has 2 N–H and O–H groups in total. The molecular formula is C23H24N2O2. The van der Waals surface area contributed by atoms with Crippen molar-refractivity contribution < 1.29 is 9.59 Å². The average molecular weight is 360 g/mol. The van der Waals surface area contributed by atoms with E-state index in [1.54, 1.807) is 6.07 Å². The first kappa shape index (κ1) is 18.6. The van der Waals surface area contributed by atoms with Crippen LogP contribution in [0.4, 0.5) is 11.4 Å². The third kappa shape index (κ3) is 4.17. The molecule has 0 fully saturated rings. The number of aryl methyl sites for hydroxylation is 1. The van der Waals surface area contributed by atoms with Gasteiger partial charge in [-0.2, -0.15) is 0 Å². The van der Waals surface area contributed by atoms with Gasteiger partial charge in [0.1, 0.15) is 0 Å². The molecule has 0 saturated heterocycles. The number of hydrogen-bond donors (Lipinski definition) is 2. The first-order valence-electron chi connectivity index (χ1n) is 8.97. The number of anilines is 2. The summed E-state index contributed by atoms with van der Waals surface area (Å²) in [6.07, 6.45) is 0. The van der Waals surface area contributed by atoms with Crippen LogP contribution in [0.5, 0.6) is 0 Å². The Hall–Kier alpha value is -3.14. The Bertz CT molecular complexity index is 1010. The van der Waals surface area contributed by atoms with Crippen LogP contribution >= 0.6 is 0 Å².